The van der Waals surface area contributed by atoms with Crippen molar-refractivity contribution in [3.63, 3.8) is 0 Å². The summed E-state index contributed by atoms with van der Waals surface area (Å²) in [5, 5.41) is 15.1. The fraction of sp³-hybridized carbons (Fsp3) is 0.550. The van der Waals surface area contributed by atoms with Gasteiger partial charge < -0.3 is 19.9 Å². The largest absolute Gasteiger partial charge is 0.381 e. The molecule has 0 spiro atoms. The Kier molecular flexibility index (Phi) is 10.4. The number of aromatic nitrogens is 3. The summed E-state index contributed by atoms with van der Waals surface area (Å²) in [6.45, 7) is 8.20. The second-order valence-corrected chi connectivity index (χ2v) is 7.88. The molecular formula is C20H30BrIN6O. The van der Waals surface area contributed by atoms with E-state index in [0.717, 1.165) is 61.9 Å². The highest BCUT2D eigenvalue weighted by molar-refractivity contribution is 14.0. The second-order valence-electron chi connectivity index (χ2n) is 7.03. The Balaban J connectivity index is 0.00000300. The van der Waals surface area contributed by atoms with Crippen LogP contribution in [0.2, 0.25) is 0 Å². The fourth-order valence-electron chi connectivity index (χ4n) is 3.24. The lowest BCUT2D eigenvalue weighted by molar-refractivity contribution is 0.187. The summed E-state index contributed by atoms with van der Waals surface area (Å²) in [5.74, 6) is 2.32. The topological polar surface area (TPSA) is 76.4 Å². The predicted molar refractivity (Wildman–Crippen MR) is 130 cm³/mol. The maximum atomic E-state index is 5.48. The number of halogens is 2. The molecule has 1 fully saturated rings. The highest BCUT2D eigenvalue weighted by Gasteiger charge is 2.16. The molecule has 2 heterocycles. The molecule has 9 heteroatoms. The smallest absolute Gasteiger partial charge is 0.191 e. The highest BCUT2D eigenvalue weighted by atomic mass is 127. The molecule has 0 bridgehead atoms. The summed E-state index contributed by atoms with van der Waals surface area (Å²) < 4.78 is 8.65. The maximum Gasteiger partial charge on any atom is 0.191 e. The molecule has 29 heavy (non-hydrogen) atoms. The molecule has 1 saturated heterocycles. The summed E-state index contributed by atoms with van der Waals surface area (Å²) in [6, 6.07) is 8.39. The molecule has 2 N–H and O–H groups in total. The van der Waals surface area contributed by atoms with E-state index in [2.05, 4.69) is 73.4 Å². The van der Waals surface area contributed by atoms with Crippen molar-refractivity contribution >= 4 is 45.9 Å². The summed E-state index contributed by atoms with van der Waals surface area (Å²) >= 11 is 3.64. The van der Waals surface area contributed by atoms with E-state index >= 15 is 0 Å². The normalized spacial score (nSPS) is 17.6. The minimum atomic E-state index is 0. The van der Waals surface area contributed by atoms with Gasteiger partial charge in [-0.05, 0) is 25.0 Å². The number of benzene rings is 1. The van der Waals surface area contributed by atoms with Crippen molar-refractivity contribution in [2.24, 2.45) is 10.9 Å². The molecule has 2 atom stereocenters. The quantitative estimate of drug-likeness (QED) is 0.285. The molecule has 2 aromatic rings. The van der Waals surface area contributed by atoms with Gasteiger partial charge in [-0.1, -0.05) is 41.1 Å². The van der Waals surface area contributed by atoms with E-state index in [9.17, 15) is 0 Å². The van der Waals surface area contributed by atoms with Gasteiger partial charge >= 0.3 is 0 Å². The van der Waals surface area contributed by atoms with Gasteiger partial charge in [0.15, 0.2) is 5.96 Å². The monoisotopic (exact) mass is 576 g/mol. The number of guanidine groups is 1. The van der Waals surface area contributed by atoms with Gasteiger partial charge in [0.2, 0.25) is 0 Å². The van der Waals surface area contributed by atoms with Crippen LogP contribution < -0.4 is 10.6 Å². The third-order valence-corrected chi connectivity index (χ3v) is 5.64. The van der Waals surface area contributed by atoms with E-state index in [1.54, 1.807) is 6.33 Å². The molecule has 3 rings (SSSR count). The van der Waals surface area contributed by atoms with Crippen LogP contribution in [0.5, 0.6) is 0 Å². The highest BCUT2D eigenvalue weighted by Crippen LogP contribution is 2.22. The van der Waals surface area contributed by atoms with Crippen molar-refractivity contribution < 1.29 is 4.74 Å². The van der Waals surface area contributed by atoms with Crippen LogP contribution in [0, 0.1) is 5.92 Å². The molecule has 0 radical (unpaired) electrons. The number of aryl methyl sites for hydroxylation is 1. The van der Waals surface area contributed by atoms with Crippen molar-refractivity contribution in [3.05, 3.63) is 46.5 Å². The molecular weight excluding hydrogens is 547 g/mol. The third-order valence-electron chi connectivity index (χ3n) is 4.91. The molecule has 7 nitrogen and oxygen atoms in total. The zero-order chi connectivity index (χ0) is 19.8. The lowest BCUT2D eigenvalue weighted by Gasteiger charge is -2.20. The van der Waals surface area contributed by atoms with E-state index in [1.807, 2.05) is 6.07 Å². The molecule has 1 aliphatic heterocycles. The molecule has 0 saturated carbocycles. The first-order valence-electron chi connectivity index (χ1n) is 9.91. The molecule has 2 unspecified atom stereocenters. The average molecular weight is 577 g/mol. The first-order chi connectivity index (χ1) is 13.7. The first kappa shape index (κ1) is 24.1. The van der Waals surface area contributed by atoms with Gasteiger partial charge in [0.1, 0.15) is 12.2 Å². The SMILES string of the molecule is CCc1nncn1CCNC(=NCC1CCOC1)NC(C)c1ccccc1Br.I. The number of hydrogen-bond donors (Lipinski definition) is 2. The first-order valence-corrected chi connectivity index (χ1v) is 10.7. The van der Waals surface area contributed by atoms with Gasteiger partial charge in [-0.2, -0.15) is 0 Å². The van der Waals surface area contributed by atoms with Crippen molar-refractivity contribution in [1.82, 2.24) is 25.4 Å². The molecule has 160 valence electrons. The number of ether oxygens (including phenoxy) is 1. The lowest BCUT2D eigenvalue weighted by atomic mass is 10.1. The Morgan fingerprint density at radius 3 is 2.97 bits per heavy atom. The number of rotatable bonds is 8. The van der Waals surface area contributed by atoms with Gasteiger partial charge in [0.25, 0.3) is 0 Å². The standard InChI is InChI=1S/C20H29BrN6O.HI/c1-3-19-26-24-14-27(19)10-9-22-20(23-12-16-8-11-28-13-16)25-15(2)17-6-4-5-7-18(17)21;/h4-7,14-16H,3,8-13H2,1-2H3,(H2,22,23,25);1H. The Morgan fingerprint density at radius 2 is 2.24 bits per heavy atom. The molecule has 1 aromatic heterocycles. The minimum absolute atomic E-state index is 0. The third kappa shape index (κ3) is 7.21. The fourth-order valence-corrected chi connectivity index (χ4v) is 3.87. The van der Waals surface area contributed by atoms with E-state index < -0.39 is 0 Å². The van der Waals surface area contributed by atoms with Gasteiger partial charge in [-0.25, -0.2) is 0 Å². The molecule has 1 aliphatic rings. The van der Waals surface area contributed by atoms with E-state index in [1.165, 1.54) is 5.56 Å². The lowest BCUT2D eigenvalue weighted by Crippen LogP contribution is -2.40. The number of aliphatic imine (C=N–C) groups is 1. The van der Waals surface area contributed by atoms with Crippen molar-refractivity contribution in [3.8, 4) is 0 Å². The molecule has 0 amide bonds. The van der Waals surface area contributed by atoms with Gasteiger partial charge in [0.05, 0.1) is 12.6 Å². The van der Waals surface area contributed by atoms with Crippen LogP contribution in [0.3, 0.4) is 0 Å². The zero-order valence-corrected chi connectivity index (χ0v) is 20.9. The summed E-state index contributed by atoms with van der Waals surface area (Å²) in [7, 11) is 0. The summed E-state index contributed by atoms with van der Waals surface area (Å²) in [6.07, 6.45) is 3.74. The van der Waals surface area contributed by atoms with E-state index in [0.29, 0.717) is 5.92 Å². The number of nitrogens with one attached hydrogen (secondary N) is 2. The molecule has 0 aliphatic carbocycles. The van der Waals surface area contributed by atoms with Crippen LogP contribution in [-0.4, -0.2) is 47.0 Å². The number of nitrogens with zero attached hydrogens (tertiary/aromatic N) is 4. The van der Waals surface area contributed by atoms with Crippen molar-refractivity contribution in [1.29, 1.82) is 0 Å². The van der Waals surface area contributed by atoms with Gasteiger partial charge in [0, 0.05) is 43.1 Å². The maximum absolute atomic E-state index is 5.48. The molecule has 1 aromatic carbocycles. The number of hydrogen-bond acceptors (Lipinski definition) is 4. The van der Waals surface area contributed by atoms with Crippen molar-refractivity contribution in [2.75, 3.05) is 26.3 Å². The Labute approximate surface area is 198 Å². The van der Waals surface area contributed by atoms with Crippen LogP contribution in [0.15, 0.2) is 40.1 Å². The van der Waals surface area contributed by atoms with Crippen LogP contribution >= 0.6 is 39.9 Å². The van der Waals surface area contributed by atoms with Gasteiger partial charge in [-0.15, -0.1) is 34.2 Å². The minimum Gasteiger partial charge on any atom is -0.381 e. The Bertz CT molecular complexity index is 778. The average Bonchev–Trinajstić information content (AvgIpc) is 3.37. The summed E-state index contributed by atoms with van der Waals surface area (Å²) in [5.41, 5.74) is 1.20. The van der Waals surface area contributed by atoms with Crippen LogP contribution in [0.4, 0.5) is 0 Å². The zero-order valence-electron chi connectivity index (χ0n) is 17.0. The second kappa shape index (κ2) is 12.5. The van der Waals surface area contributed by atoms with Crippen LogP contribution in [0.1, 0.15) is 37.7 Å². The van der Waals surface area contributed by atoms with Crippen LogP contribution in [0.25, 0.3) is 0 Å². The summed E-state index contributed by atoms with van der Waals surface area (Å²) in [4.78, 5) is 4.82. The Hall–Kier alpha value is -1.20. The van der Waals surface area contributed by atoms with Crippen LogP contribution in [-0.2, 0) is 17.7 Å². The van der Waals surface area contributed by atoms with E-state index in [-0.39, 0.29) is 30.0 Å². The van der Waals surface area contributed by atoms with Gasteiger partial charge in [-0.3, -0.25) is 4.99 Å². The van der Waals surface area contributed by atoms with E-state index in [4.69, 9.17) is 9.73 Å². The predicted octanol–water partition coefficient (Wildman–Crippen LogP) is 3.55. The Morgan fingerprint density at radius 1 is 1.41 bits per heavy atom. The van der Waals surface area contributed by atoms with Crippen molar-refractivity contribution in [2.45, 2.75) is 39.3 Å².